The molecule has 1 fully saturated rings. The smallest absolute Gasteiger partial charge is 0.166 e. The number of para-hydroxylation sites is 1. The van der Waals surface area contributed by atoms with Crippen molar-refractivity contribution in [1.29, 1.82) is 0 Å². The number of carbonyl (C=O) groups is 1. The molecule has 0 atom stereocenters. The van der Waals surface area contributed by atoms with E-state index in [1.165, 1.54) is 18.4 Å². The minimum atomic E-state index is 0.260. The molecule has 0 unspecified atom stereocenters. The zero-order valence-electron chi connectivity index (χ0n) is 8.66. The Balaban J connectivity index is 1.90. The van der Waals surface area contributed by atoms with Crippen LogP contribution in [0.3, 0.4) is 0 Å². The quantitative estimate of drug-likeness (QED) is 0.704. The fourth-order valence-corrected chi connectivity index (χ4v) is 2.13. The van der Waals surface area contributed by atoms with Gasteiger partial charge < -0.3 is 4.74 Å². The normalized spacial score (nSPS) is 18.4. The molecule has 3 rings (SSSR count). The van der Waals surface area contributed by atoms with Gasteiger partial charge in [0.2, 0.25) is 0 Å². The van der Waals surface area contributed by atoms with Crippen molar-refractivity contribution in [2.75, 3.05) is 6.61 Å². The van der Waals surface area contributed by atoms with Crippen LogP contribution >= 0.6 is 0 Å². The summed E-state index contributed by atoms with van der Waals surface area (Å²) >= 11 is 0. The lowest BCUT2D eigenvalue weighted by molar-refractivity contribution is 0.0973. The van der Waals surface area contributed by atoms with Crippen LogP contribution in [0.25, 0.3) is 0 Å². The van der Waals surface area contributed by atoms with E-state index in [2.05, 4.69) is 6.07 Å². The molecule has 1 aliphatic carbocycles. The molecule has 1 heterocycles. The summed E-state index contributed by atoms with van der Waals surface area (Å²) < 4.78 is 5.53. The largest absolute Gasteiger partial charge is 0.492 e. The Hall–Kier alpha value is -1.31. The first-order valence-corrected chi connectivity index (χ1v) is 5.62. The van der Waals surface area contributed by atoms with Gasteiger partial charge in [0.25, 0.3) is 0 Å². The van der Waals surface area contributed by atoms with Crippen molar-refractivity contribution in [3.63, 3.8) is 0 Å². The molecule has 1 aliphatic heterocycles. The number of benzene rings is 1. The first kappa shape index (κ1) is 8.96. The van der Waals surface area contributed by atoms with E-state index in [0.717, 1.165) is 24.3 Å². The molecule has 1 aromatic rings. The minimum absolute atomic E-state index is 0.260. The highest BCUT2D eigenvalue weighted by atomic mass is 16.5. The van der Waals surface area contributed by atoms with Gasteiger partial charge in [-0.25, -0.2) is 0 Å². The molecule has 0 aromatic heterocycles. The van der Waals surface area contributed by atoms with E-state index in [1.807, 2.05) is 12.1 Å². The molecular weight excluding hydrogens is 188 g/mol. The van der Waals surface area contributed by atoms with Crippen LogP contribution in [0.4, 0.5) is 0 Å². The van der Waals surface area contributed by atoms with Gasteiger partial charge >= 0.3 is 0 Å². The van der Waals surface area contributed by atoms with E-state index in [1.54, 1.807) is 0 Å². The third-order valence-corrected chi connectivity index (χ3v) is 3.19. The van der Waals surface area contributed by atoms with Crippen molar-refractivity contribution in [2.24, 2.45) is 5.92 Å². The molecule has 0 bridgehead atoms. The maximum Gasteiger partial charge on any atom is 0.166 e. The van der Waals surface area contributed by atoms with Crippen molar-refractivity contribution in [3.8, 4) is 5.75 Å². The number of carbonyl (C=O) groups excluding carboxylic acids is 1. The molecule has 1 saturated carbocycles. The van der Waals surface area contributed by atoms with Gasteiger partial charge in [-0.15, -0.1) is 0 Å². The van der Waals surface area contributed by atoms with Crippen molar-refractivity contribution in [3.05, 3.63) is 29.3 Å². The number of rotatable bonds is 3. The van der Waals surface area contributed by atoms with Crippen LogP contribution < -0.4 is 4.74 Å². The summed E-state index contributed by atoms with van der Waals surface area (Å²) in [5, 5.41) is 0. The minimum Gasteiger partial charge on any atom is -0.492 e. The Morgan fingerprint density at radius 3 is 3.07 bits per heavy atom. The molecule has 2 nitrogen and oxygen atoms in total. The van der Waals surface area contributed by atoms with Crippen molar-refractivity contribution in [2.45, 2.75) is 25.7 Å². The number of Topliss-reactive ketones (excluding diaryl/α,β-unsaturated/α-hetero) is 1. The molecule has 0 spiro atoms. The lowest BCUT2D eigenvalue weighted by Gasteiger charge is -2.06. The standard InChI is InChI=1S/C13H14O2/c14-12(8-9-4-5-9)11-3-1-2-10-6-7-15-13(10)11/h1-3,9H,4-8H2. The summed E-state index contributed by atoms with van der Waals surface area (Å²) in [6.07, 6.45) is 4.10. The molecule has 0 saturated heterocycles. The fourth-order valence-electron chi connectivity index (χ4n) is 2.13. The molecule has 1 aromatic carbocycles. The second-order valence-electron chi connectivity index (χ2n) is 4.46. The molecule has 0 N–H and O–H groups in total. The maximum atomic E-state index is 12.0. The first-order valence-electron chi connectivity index (χ1n) is 5.62. The monoisotopic (exact) mass is 202 g/mol. The molecule has 15 heavy (non-hydrogen) atoms. The van der Waals surface area contributed by atoms with Gasteiger partial charge in [0.1, 0.15) is 5.75 Å². The lowest BCUT2D eigenvalue weighted by atomic mass is 10.0. The van der Waals surface area contributed by atoms with Crippen LogP contribution in [0.5, 0.6) is 5.75 Å². The average Bonchev–Trinajstić information content (AvgIpc) is 2.93. The van der Waals surface area contributed by atoms with Crippen LogP contribution in [0.1, 0.15) is 35.2 Å². The SMILES string of the molecule is O=C(CC1CC1)c1cccc2c1OCC2. The summed E-state index contributed by atoms with van der Waals surface area (Å²) in [5.41, 5.74) is 1.99. The summed E-state index contributed by atoms with van der Waals surface area (Å²) in [7, 11) is 0. The fraction of sp³-hybridized carbons (Fsp3) is 0.462. The van der Waals surface area contributed by atoms with Crippen LogP contribution in [0, 0.1) is 5.92 Å². The Labute approximate surface area is 89.2 Å². The Bertz CT molecular complexity index is 405. The average molecular weight is 202 g/mol. The van der Waals surface area contributed by atoms with Crippen molar-refractivity contribution < 1.29 is 9.53 Å². The summed E-state index contributed by atoms with van der Waals surface area (Å²) in [6, 6.07) is 5.92. The van der Waals surface area contributed by atoms with Gasteiger partial charge in [-0.05, 0) is 30.4 Å². The second kappa shape index (κ2) is 3.37. The highest BCUT2D eigenvalue weighted by molar-refractivity contribution is 5.99. The topological polar surface area (TPSA) is 26.3 Å². The van der Waals surface area contributed by atoms with E-state index in [0.29, 0.717) is 12.3 Å². The molecule has 0 amide bonds. The third kappa shape index (κ3) is 1.65. The number of ketones is 1. The highest BCUT2D eigenvalue weighted by Gasteiger charge is 2.27. The first-order chi connectivity index (χ1) is 7.34. The van der Waals surface area contributed by atoms with Crippen LogP contribution in [0.15, 0.2) is 18.2 Å². The predicted molar refractivity (Wildman–Crippen MR) is 57.3 cm³/mol. The number of hydrogen-bond donors (Lipinski definition) is 0. The zero-order valence-corrected chi connectivity index (χ0v) is 8.66. The zero-order chi connectivity index (χ0) is 10.3. The third-order valence-electron chi connectivity index (χ3n) is 3.19. The van der Waals surface area contributed by atoms with Gasteiger partial charge in [-0.1, -0.05) is 12.1 Å². The predicted octanol–water partition coefficient (Wildman–Crippen LogP) is 2.60. The Morgan fingerprint density at radius 1 is 1.40 bits per heavy atom. The van der Waals surface area contributed by atoms with Gasteiger partial charge in [0, 0.05) is 12.8 Å². The van der Waals surface area contributed by atoms with E-state index in [4.69, 9.17) is 4.74 Å². The lowest BCUT2D eigenvalue weighted by Crippen LogP contribution is -2.02. The Morgan fingerprint density at radius 2 is 2.27 bits per heavy atom. The van der Waals surface area contributed by atoms with Gasteiger partial charge in [-0.2, -0.15) is 0 Å². The second-order valence-corrected chi connectivity index (χ2v) is 4.46. The van der Waals surface area contributed by atoms with Gasteiger partial charge in [0.05, 0.1) is 12.2 Å². The molecule has 2 heteroatoms. The molecule has 0 radical (unpaired) electrons. The number of hydrogen-bond acceptors (Lipinski definition) is 2. The van der Waals surface area contributed by atoms with Crippen molar-refractivity contribution >= 4 is 5.78 Å². The highest BCUT2D eigenvalue weighted by Crippen LogP contribution is 2.36. The van der Waals surface area contributed by atoms with Gasteiger partial charge in [-0.3, -0.25) is 4.79 Å². The van der Waals surface area contributed by atoms with Gasteiger partial charge in [0.15, 0.2) is 5.78 Å². The van der Waals surface area contributed by atoms with E-state index < -0.39 is 0 Å². The molecular formula is C13H14O2. The van der Waals surface area contributed by atoms with E-state index in [-0.39, 0.29) is 5.78 Å². The molecule has 78 valence electrons. The Kier molecular flexibility index (Phi) is 2.01. The summed E-state index contributed by atoms with van der Waals surface area (Å²) in [5.74, 6) is 1.76. The van der Waals surface area contributed by atoms with E-state index in [9.17, 15) is 4.79 Å². The summed E-state index contributed by atoms with van der Waals surface area (Å²) in [4.78, 5) is 12.0. The van der Waals surface area contributed by atoms with Crippen molar-refractivity contribution in [1.82, 2.24) is 0 Å². The van der Waals surface area contributed by atoms with Crippen LogP contribution in [-0.4, -0.2) is 12.4 Å². The maximum absolute atomic E-state index is 12.0. The van der Waals surface area contributed by atoms with Crippen LogP contribution in [-0.2, 0) is 6.42 Å². The number of ether oxygens (including phenoxy) is 1. The van der Waals surface area contributed by atoms with Crippen LogP contribution in [0.2, 0.25) is 0 Å². The molecule has 2 aliphatic rings. The summed E-state index contributed by atoms with van der Waals surface area (Å²) in [6.45, 7) is 0.725. The van der Waals surface area contributed by atoms with E-state index >= 15 is 0 Å². The number of fused-ring (bicyclic) bond motifs is 1.